The van der Waals surface area contributed by atoms with E-state index in [1.807, 2.05) is 45.3 Å². The van der Waals surface area contributed by atoms with Gasteiger partial charge in [-0.05, 0) is 49.2 Å². The SMILES string of the molecule is CNc1ccc(OCc2c(C)cccc2N(C)N)c(C)c1. The molecule has 4 heteroatoms. The third kappa shape index (κ3) is 3.47. The highest BCUT2D eigenvalue weighted by molar-refractivity contribution is 5.55. The van der Waals surface area contributed by atoms with Gasteiger partial charge in [0.2, 0.25) is 0 Å². The van der Waals surface area contributed by atoms with Gasteiger partial charge in [-0.1, -0.05) is 12.1 Å². The summed E-state index contributed by atoms with van der Waals surface area (Å²) in [7, 11) is 3.75. The fourth-order valence-corrected chi connectivity index (χ4v) is 2.32. The molecule has 112 valence electrons. The lowest BCUT2D eigenvalue weighted by molar-refractivity contribution is 0.303. The Labute approximate surface area is 126 Å². The highest BCUT2D eigenvalue weighted by Crippen LogP contribution is 2.26. The predicted molar refractivity (Wildman–Crippen MR) is 88.8 cm³/mol. The van der Waals surface area contributed by atoms with Crippen LogP contribution in [-0.2, 0) is 6.61 Å². The first-order chi connectivity index (χ1) is 10.0. The minimum Gasteiger partial charge on any atom is -0.489 e. The third-order valence-corrected chi connectivity index (χ3v) is 3.60. The van der Waals surface area contributed by atoms with Gasteiger partial charge in [-0.2, -0.15) is 0 Å². The van der Waals surface area contributed by atoms with E-state index in [-0.39, 0.29) is 0 Å². The van der Waals surface area contributed by atoms with Crippen molar-refractivity contribution in [3.63, 3.8) is 0 Å². The maximum atomic E-state index is 5.98. The van der Waals surface area contributed by atoms with Crippen LogP contribution in [0.3, 0.4) is 0 Å². The summed E-state index contributed by atoms with van der Waals surface area (Å²) in [4.78, 5) is 0. The van der Waals surface area contributed by atoms with Gasteiger partial charge in [-0.3, -0.25) is 0 Å². The molecule has 0 unspecified atom stereocenters. The summed E-state index contributed by atoms with van der Waals surface area (Å²) in [5.74, 6) is 6.78. The first kappa shape index (κ1) is 15.2. The molecule has 0 aliphatic heterocycles. The molecule has 3 N–H and O–H groups in total. The van der Waals surface area contributed by atoms with Gasteiger partial charge < -0.3 is 15.1 Å². The zero-order chi connectivity index (χ0) is 15.4. The molecule has 0 aromatic heterocycles. The molecule has 2 aromatic carbocycles. The van der Waals surface area contributed by atoms with E-state index in [2.05, 4.69) is 24.4 Å². The number of nitrogens with two attached hydrogens (primary N) is 1. The zero-order valence-electron chi connectivity index (χ0n) is 13.1. The molecule has 0 fully saturated rings. The largest absolute Gasteiger partial charge is 0.489 e. The maximum absolute atomic E-state index is 5.98. The average molecular weight is 285 g/mol. The number of nitrogens with zero attached hydrogens (tertiary/aromatic N) is 1. The quantitative estimate of drug-likeness (QED) is 0.654. The Bertz CT molecular complexity index is 623. The average Bonchev–Trinajstić information content (AvgIpc) is 2.46. The number of hydrogen-bond acceptors (Lipinski definition) is 4. The number of benzene rings is 2. The van der Waals surface area contributed by atoms with E-state index in [4.69, 9.17) is 10.6 Å². The van der Waals surface area contributed by atoms with E-state index in [0.29, 0.717) is 6.61 Å². The summed E-state index contributed by atoms with van der Waals surface area (Å²) in [5.41, 5.74) is 5.46. The Morgan fingerprint density at radius 3 is 2.52 bits per heavy atom. The fourth-order valence-electron chi connectivity index (χ4n) is 2.32. The molecule has 0 amide bonds. The summed E-state index contributed by atoms with van der Waals surface area (Å²) in [5, 5.41) is 4.75. The summed E-state index contributed by atoms with van der Waals surface area (Å²) in [6.07, 6.45) is 0. The first-order valence-corrected chi connectivity index (χ1v) is 7.01. The summed E-state index contributed by atoms with van der Waals surface area (Å²) in [6, 6.07) is 12.2. The van der Waals surface area contributed by atoms with Gasteiger partial charge >= 0.3 is 0 Å². The molecule has 21 heavy (non-hydrogen) atoms. The molecule has 0 aliphatic rings. The Morgan fingerprint density at radius 2 is 1.90 bits per heavy atom. The monoisotopic (exact) mass is 285 g/mol. The van der Waals surface area contributed by atoms with Crippen molar-refractivity contribution >= 4 is 11.4 Å². The van der Waals surface area contributed by atoms with Crippen molar-refractivity contribution in [2.24, 2.45) is 5.84 Å². The molecule has 2 aromatic rings. The number of hydrogen-bond donors (Lipinski definition) is 2. The normalized spacial score (nSPS) is 10.3. The highest BCUT2D eigenvalue weighted by atomic mass is 16.5. The van der Waals surface area contributed by atoms with Crippen LogP contribution in [0.5, 0.6) is 5.75 Å². The molecule has 0 bridgehead atoms. The van der Waals surface area contributed by atoms with Crippen molar-refractivity contribution in [3.8, 4) is 5.75 Å². The second-order valence-electron chi connectivity index (χ2n) is 5.20. The van der Waals surface area contributed by atoms with Crippen LogP contribution in [0.4, 0.5) is 11.4 Å². The second kappa shape index (κ2) is 6.50. The fraction of sp³-hybridized carbons (Fsp3) is 0.294. The lowest BCUT2D eigenvalue weighted by Crippen LogP contribution is -2.26. The smallest absolute Gasteiger partial charge is 0.122 e. The van der Waals surface area contributed by atoms with E-state index in [9.17, 15) is 0 Å². The molecule has 0 spiro atoms. The van der Waals surface area contributed by atoms with Crippen LogP contribution in [-0.4, -0.2) is 14.1 Å². The minimum absolute atomic E-state index is 0.503. The molecular weight excluding hydrogens is 262 g/mol. The van der Waals surface area contributed by atoms with Crippen molar-refractivity contribution in [2.45, 2.75) is 20.5 Å². The van der Waals surface area contributed by atoms with Crippen LogP contribution in [0.2, 0.25) is 0 Å². The minimum atomic E-state index is 0.503. The van der Waals surface area contributed by atoms with Crippen LogP contribution in [0.15, 0.2) is 36.4 Å². The lowest BCUT2D eigenvalue weighted by Gasteiger charge is -2.19. The Hall–Kier alpha value is -2.20. The van der Waals surface area contributed by atoms with Crippen LogP contribution >= 0.6 is 0 Å². The Kier molecular flexibility index (Phi) is 4.70. The standard InChI is InChI=1S/C17H23N3O/c1-12-6-5-7-16(20(4)18)15(12)11-21-17-9-8-14(19-3)10-13(17)2/h5-10,19H,11,18H2,1-4H3. The summed E-state index contributed by atoms with van der Waals surface area (Å²) < 4.78 is 5.98. The number of hydrazine groups is 1. The maximum Gasteiger partial charge on any atom is 0.122 e. The molecule has 0 atom stereocenters. The van der Waals surface area contributed by atoms with Crippen molar-refractivity contribution < 1.29 is 4.74 Å². The van der Waals surface area contributed by atoms with Crippen LogP contribution in [0.25, 0.3) is 0 Å². The van der Waals surface area contributed by atoms with Crippen molar-refractivity contribution in [1.29, 1.82) is 0 Å². The third-order valence-electron chi connectivity index (χ3n) is 3.60. The Balaban J connectivity index is 2.20. The van der Waals surface area contributed by atoms with Gasteiger partial charge in [-0.15, -0.1) is 0 Å². The van der Waals surface area contributed by atoms with E-state index in [1.165, 1.54) is 5.56 Å². The van der Waals surface area contributed by atoms with Crippen LogP contribution < -0.4 is 20.9 Å². The van der Waals surface area contributed by atoms with Gasteiger partial charge in [0.05, 0.1) is 5.69 Å². The van der Waals surface area contributed by atoms with E-state index >= 15 is 0 Å². The van der Waals surface area contributed by atoms with Crippen LogP contribution in [0.1, 0.15) is 16.7 Å². The van der Waals surface area contributed by atoms with E-state index in [1.54, 1.807) is 5.01 Å². The van der Waals surface area contributed by atoms with Gasteiger partial charge in [0, 0.05) is 25.3 Å². The second-order valence-corrected chi connectivity index (χ2v) is 5.20. The van der Waals surface area contributed by atoms with E-state index < -0.39 is 0 Å². The van der Waals surface area contributed by atoms with E-state index in [0.717, 1.165) is 28.3 Å². The molecule has 0 heterocycles. The molecule has 0 radical (unpaired) electrons. The lowest BCUT2D eigenvalue weighted by atomic mass is 10.1. The first-order valence-electron chi connectivity index (χ1n) is 7.01. The van der Waals surface area contributed by atoms with Gasteiger partial charge in [0.1, 0.15) is 12.4 Å². The number of anilines is 2. The van der Waals surface area contributed by atoms with Gasteiger partial charge in [0.25, 0.3) is 0 Å². The zero-order valence-corrected chi connectivity index (χ0v) is 13.1. The molecule has 4 nitrogen and oxygen atoms in total. The molecular formula is C17H23N3O. The van der Waals surface area contributed by atoms with Crippen molar-refractivity contribution in [2.75, 3.05) is 24.4 Å². The summed E-state index contributed by atoms with van der Waals surface area (Å²) in [6.45, 7) is 4.62. The van der Waals surface area contributed by atoms with Gasteiger partial charge in [0.15, 0.2) is 0 Å². The molecule has 0 aliphatic carbocycles. The van der Waals surface area contributed by atoms with Gasteiger partial charge in [-0.25, -0.2) is 5.84 Å². The predicted octanol–water partition coefficient (Wildman–Crippen LogP) is 3.23. The van der Waals surface area contributed by atoms with Crippen LogP contribution in [0, 0.1) is 13.8 Å². The topological polar surface area (TPSA) is 50.5 Å². The number of aryl methyl sites for hydroxylation is 2. The molecule has 0 saturated heterocycles. The Morgan fingerprint density at radius 1 is 1.14 bits per heavy atom. The number of rotatable bonds is 5. The summed E-state index contributed by atoms with van der Waals surface area (Å²) >= 11 is 0. The number of ether oxygens (including phenoxy) is 1. The van der Waals surface area contributed by atoms with Crippen molar-refractivity contribution in [3.05, 3.63) is 53.1 Å². The molecule has 2 rings (SSSR count). The van der Waals surface area contributed by atoms with Crippen molar-refractivity contribution in [1.82, 2.24) is 0 Å². The highest BCUT2D eigenvalue weighted by Gasteiger charge is 2.09. The molecule has 0 saturated carbocycles. The number of nitrogens with one attached hydrogen (secondary N) is 1.